The highest BCUT2D eigenvalue weighted by Crippen LogP contribution is 2.28. The van der Waals surface area contributed by atoms with Crippen LogP contribution in [-0.4, -0.2) is 12.6 Å². The lowest BCUT2D eigenvalue weighted by Crippen LogP contribution is -2.24. The van der Waals surface area contributed by atoms with Gasteiger partial charge in [-0.1, -0.05) is 29.8 Å². The summed E-state index contributed by atoms with van der Waals surface area (Å²) in [5, 5.41) is 7.13. The van der Waals surface area contributed by atoms with Crippen molar-refractivity contribution in [3.05, 3.63) is 33.6 Å². The molecular formula is C13H16BrNS. The molecule has 3 heteroatoms. The lowest BCUT2D eigenvalue weighted by atomic mass is 10.1. The van der Waals surface area contributed by atoms with E-state index in [4.69, 9.17) is 0 Å². The number of thiophene rings is 1. The minimum absolute atomic E-state index is 0.566. The molecule has 1 N–H and O–H groups in total. The van der Waals surface area contributed by atoms with Crippen LogP contribution in [-0.2, 0) is 6.42 Å². The summed E-state index contributed by atoms with van der Waals surface area (Å²) in [6.07, 6.45) is 1.11. The lowest BCUT2D eigenvalue weighted by molar-refractivity contribution is 0.591. The zero-order valence-corrected chi connectivity index (χ0v) is 12.0. The van der Waals surface area contributed by atoms with Crippen molar-refractivity contribution in [1.29, 1.82) is 0 Å². The Morgan fingerprint density at radius 2 is 2.19 bits per heavy atom. The average Bonchev–Trinajstić information content (AvgIpc) is 2.60. The topological polar surface area (TPSA) is 12.0 Å². The van der Waals surface area contributed by atoms with Crippen LogP contribution in [0, 0.1) is 0 Å². The van der Waals surface area contributed by atoms with E-state index < -0.39 is 0 Å². The summed E-state index contributed by atoms with van der Waals surface area (Å²) in [6.45, 7) is 5.42. The number of hydrogen-bond donors (Lipinski definition) is 1. The van der Waals surface area contributed by atoms with E-state index in [2.05, 4.69) is 58.7 Å². The van der Waals surface area contributed by atoms with E-state index in [9.17, 15) is 0 Å². The van der Waals surface area contributed by atoms with Crippen molar-refractivity contribution in [2.75, 3.05) is 6.54 Å². The van der Waals surface area contributed by atoms with Crippen LogP contribution in [0.4, 0.5) is 0 Å². The predicted octanol–water partition coefficient (Wildman–Crippen LogP) is 4.20. The third kappa shape index (κ3) is 2.84. The summed E-state index contributed by atoms with van der Waals surface area (Å²) in [6, 6.07) is 7.08. The molecule has 1 heterocycles. The quantitative estimate of drug-likeness (QED) is 0.892. The Bertz CT molecular complexity index is 476. The highest BCUT2D eigenvalue weighted by Gasteiger charge is 2.04. The second kappa shape index (κ2) is 5.30. The first-order valence-electron chi connectivity index (χ1n) is 5.56. The van der Waals surface area contributed by atoms with E-state index in [1.165, 1.54) is 15.6 Å². The fourth-order valence-electron chi connectivity index (χ4n) is 1.74. The summed E-state index contributed by atoms with van der Waals surface area (Å²) in [5.41, 5.74) is 1.45. The van der Waals surface area contributed by atoms with Crippen molar-refractivity contribution in [2.24, 2.45) is 0 Å². The van der Waals surface area contributed by atoms with Crippen LogP contribution in [0.25, 0.3) is 10.1 Å². The van der Waals surface area contributed by atoms with Crippen LogP contribution >= 0.6 is 27.3 Å². The number of benzene rings is 1. The SMILES string of the molecule is CC(C)NCCc1csc2ccc(Br)cc12. The maximum absolute atomic E-state index is 3.53. The normalized spacial score (nSPS) is 11.5. The first kappa shape index (κ1) is 12.1. The van der Waals surface area contributed by atoms with Gasteiger partial charge in [0.1, 0.15) is 0 Å². The molecule has 16 heavy (non-hydrogen) atoms. The summed E-state index contributed by atoms with van der Waals surface area (Å²) < 4.78 is 2.54. The molecule has 0 saturated carbocycles. The van der Waals surface area contributed by atoms with Crippen LogP contribution in [0.5, 0.6) is 0 Å². The summed E-state index contributed by atoms with van der Waals surface area (Å²) in [5.74, 6) is 0. The molecule has 0 unspecified atom stereocenters. The molecule has 0 fully saturated rings. The van der Waals surface area contributed by atoms with Gasteiger partial charge in [0.05, 0.1) is 0 Å². The van der Waals surface area contributed by atoms with E-state index in [0.29, 0.717) is 6.04 Å². The molecule has 0 bridgehead atoms. The molecule has 1 nitrogen and oxygen atoms in total. The molecule has 2 rings (SSSR count). The van der Waals surface area contributed by atoms with Gasteiger partial charge in [0.25, 0.3) is 0 Å². The number of rotatable bonds is 4. The smallest absolute Gasteiger partial charge is 0.0346 e. The fraction of sp³-hybridized carbons (Fsp3) is 0.385. The van der Waals surface area contributed by atoms with Crippen LogP contribution in [0.15, 0.2) is 28.1 Å². The van der Waals surface area contributed by atoms with Crippen LogP contribution in [0.1, 0.15) is 19.4 Å². The van der Waals surface area contributed by atoms with Gasteiger partial charge >= 0.3 is 0 Å². The second-order valence-electron chi connectivity index (χ2n) is 4.26. The van der Waals surface area contributed by atoms with E-state index in [0.717, 1.165) is 17.4 Å². The number of hydrogen-bond acceptors (Lipinski definition) is 2. The van der Waals surface area contributed by atoms with Crippen LogP contribution < -0.4 is 5.32 Å². The molecule has 86 valence electrons. The molecule has 0 aliphatic heterocycles. The number of fused-ring (bicyclic) bond motifs is 1. The first-order valence-corrected chi connectivity index (χ1v) is 7.23. The minimum Gasteiger partial charge on any atom is -0.314 e. The largest absolute Gasteiger partial charge is 0.314 e. The van der Waals surface area contributed by atoms with Crippen molar-refractivity contribution in [3.8, 4) is 0 Å². The predicted molar refractivity (Wildman–Crippen MR) is 76.4 cm³/mol. The van der Waals surface area contributed by atoms with E-state index in [-0.39, 0.29) is 0 Å². The van der Waals surface area contributed by atoms with Gasteiger partial charge in [0.2, 0.25) is 0 Å². The summed E-state index contributed by atoms with van der Waals surface area (Å²) in [4.78, 5) is 0. The van der Waals surface area contributed by atoms with Gasteiger partial charge in [-0.05, 0) is 47.5 Å². The highest BCUT2D eigenvalue weighted by molar-refractivity contribution is 9.10. The standard InChI is InChI=1S/C13H16BrNS/c1-9(2)15-6-5-10-8-16-13-4-3-11(14)7-12(10)13/h3-4,7-9,15H,5-6H2,1-2H3. The molecule has 0 spiro atoms. The third-order valence-corrected chi connectivity index (χ3v) is 4.07. The molecule has 0 amide bonds. The van der Waals surface area contributed by atoms with E-state index >= 15 is 0 Å². The first-order chi connectivity index (χ1) is 7.66. The van der Waals surface area contributed by atoms with Crippen molar-refractivity contribution in [1.82, 2.24) is 5.32 Å². The zero-order chi connectivity index (χ0) is 11.5. The molecule has 0 radical (unpaired) electrons. The maximum atomic E-state index is 3.53. The average molecular weight is 298 g/mol. The van der Waals surface area contributed by atoms with E-state index in [1.807, 2.05) is 11.3 Å². The third-order valence-electron chi connectivity index (χ3n) is 2.56. The second-order valence-corrected chi connectivity index (χ2v) is 6.09. The molecule has 0 aliphatic carbocycles. The monoisotopic (exact) mass is 297 g/mol. The Hall–Kier alpha value is -0.380. The Kier molecular flexibility index (Phi) is 4.00. The molecule has 0 saturated heterocycles. The van der Waals surface area contributed by atoms with E-state index in [1.54, 1.807) is 0 Å². The Morgan fingerprint density at radius 1 is 1.38 bits per heavy atom. The van der Waals surface area contributed by atoms with Crippen molar-refractivity contribution >= 4 is 37.4 Å². The molecule has 2 aromatic rings. The van der Waals surface area contributed by atoms with Gasteiger partial charge in [-0.15, -0.1) is 11.3 Å². The maximum Gasteiger partial charge on any atom is 0.0346 e. The minimum atomic E-state index is 0.566. The van der Waals surface area contributed by atoms with Gasteiger partial charge in [-0.2, -0.15) is 0 Å². The van der Waals surface area contributed by atoms with Gasteiger partial charge < -0.3 is 5.32 Å². The van der Waals surface area contributed by atoms with Gasteiger partial charge in [-0.3, -0.25) is 0 Å². The molecule has 1 aromatic heterocycles. The Labute approximate surface area is 109 Å². The molecular weight excluding hydrogens is 282 g/mol. The van der Waals surface area contributed by atoms with Gasteiger partial charge in [-0.25, -0.2) is 0 Å². The number of nitrogens with one attached hydrogen (secondary N) is 1. The zero-order valence-electron chi connectivity index (χ0n) is 9.59. The van der Waals surface area contributed by atoms with Crippen molar-refractivity contribution in [2.45, 2.75) is 26.3 Å². The van der Waals surface area contributed by atoms with Crippen LogP contribution in [0.2, 0.25) is 0 Å². The fourth-order valence-corrected chi connectivity index (χ4v) is 3.08. The molecule has 1 aromatic carbocycles. The molecule has 0 atom stereocenters. The summed E-state index contributed by atoms with van der Waals surface area (Å²) in [7, 11) is 0. The lowest BCUT2D eigenvalue weighted by Gasteiger charge is -2.07. The number of halogens is 1. The Balaban J connectivity index is 2.15. The van der Waals surface area contributed by atoms with Gasteiger partial charge in [0, 0.05) is 15.2 Å². The van der Waals surface area contributed by atoms with Crippen molar-refractivity contribution in [3.63, 3.8) is 0 Å². The van der Waals surface area contributed by atoms with Crippen molar-refractivity contribution < 1.29 is 0 Å². The highest BCUT2D eigenvalue weighted by atomic mass is 79.9. The molecule has 0 aliphatic rings. The summed E-state index contributed by atoms with van der Waals surface area (Å²) >= 11 is 5.36. The Morgan fingerprint density at radius 3 is 2.94 bits per heavy atom. The van der Waals surface area contributed by atoms with Gasteiger partial charge in [0.15, 0.2) is 0 Å². The van der Waals surface area contributed by atoms with Crippen LogP contribution in [0.3, 0.4) is 0 Å².